The number of hydrogen-bond acceptors (Lipinski definition) is 6. The molecule has 194 valence electrons. The molecule has 0 unspecified atom stereocenters. The van der Waals surface area contributed by atoms with Gasteiger partial charge in [-0.15, -0.1) is 0 Å². The third-order valence-corrected chi connectivity index (χ3v) is 8.56. The van der Waals surface area contributed by atoms with E-state index in [1.807, 2.05) is 6.92 Å². The minimum absolute atomic E-state index is 0.0593. The largest absolute Gasteiger partial charge is 0.497 e. The quantitative estimate of drug-likeness (QED) is 0.260. The third kappa shape index (κ3) is 6.16. The number of aromatic nitrogens is 1. The van der Waals surface area contributed by atoms with Crippen LogP contribution in [0.2, 0.25) is 10.0 Å². The Bertz CT molecular complexity index is 1610. The zero-order valence-corrected chi connectivity index (χ0v) is 23.0. The van der Waals surface area contributed by atoms with Crippen molar-refractivity contribution >= 4 is 66.4 Å². The second-order valence-corrected chi connectivity index (χ2v) is 11.2. The number of methoxy groups -OCH3 is 1. The summed E-state index contributed by atoms with van der Waals surface area (Å²) in [5.41, 5.74) is 1.11. The van der Waals surface area contributed by atoms with Crippen LogP contribution in [0.5, 0.6) is 5.75 Å². The summed E-state index contributed by atoms with van der Waals surface area (Å²) in [7, 11) is -2.38. The molecule has 0 radical (unpaired) electrons. The number of carbonyl (C=O) groups is 1. The Kier molecular flexibility index (Phi) is 8.56. The predicted octanol–water partition coefficient (Wildman–Crippen LogP) is 5.60. The van der Waals surface area contributed by atoms with Crippen molar-refractivity contribution in [2.24, 2.45) is 4.99 Å². The number of sulfonamides is 1. The molecule has 0 bridgehead atoms. The van der Waals surface area contributed by atoms with E-state index in [9.17, 15) is 13.2 Å². The number of rotatable bonds is 9. The molecule has 0 atom stereocenters. The molecule has 0 aliphatic carbocycles. The van der Waals surface area contributed by atoms with E-state index in [2.05, 4.69) is 9.71 Å². The van der Waals surface area contributed by atoms with E-state index in [4.69, 9.17) is 32.7 Å². The molecule has 0 aliphatic heterocycles. The van der Waals surface area contributed by atoms with E-state index >= 15 is 0 Å². The number of nitrogens with one attached hydrogen (secondary N) is 1. The Morgan fingerprint density at radius 3 is 2.51 bits per heavy atom. The smallest absolute Gasteiger partial charge is 0.279 e. The van der Waals surface area contributed by atoms with Crippen molar-refractivity contribution in [2.75, 3.05) is 25.0 Å². The lowest BCUT2D eigenvalue weighted by atomic mass is 10.2. The zero-order valence-electron chi connectivity index (χ0n) is 19.9. The molecule has 1 heterocycles. The number of fused-ring (bicyclic) bond motifs is 1. The first kappa shape index (κ1) is 27.2. The number of anilines is 1. The van der Waals surface area contributed by atoms with E-state index in [1.165, 1.54) is 36.6 Å². The van der Waals surface area contributed by atoms with E-state index in [0.717, 1.165) is 0 Å². The number of benzene rings is 3. The van der Waals surface area contributed by atoms with Crippen molar-refractivity contribution in [3.8, 4) is 5.75 Å². The van der Waals surface area contributed by atoms with Crippen LogP contribution in [0.25, 0.3) is 10.2 Å². The number of ether oxygens (including phenoxy) is 2. The SMILES string of the molecule is CCOCCn1c(=NC(=O)c2cccc(NS(=O)(=O)c3ccc(OC)cc3)c2)sc2c(Cl)ccc(Cl)c21. The fraction of sp³-hybridized carbons (Fsp3) is 0.200. The fourth-order valence-electron chi connectivity index (χ4n) is 3.54. The van der Waals surface area contributed by atoms with Crippen molar-refractivity contribution in [1.29, 1.82) is 0 Å². The van der Waals surface area contributed by atoms with Gasteiger partial charge in [0.25, 0.3) is 15.9 Å². The first-order valence-corrected chi connectivity index (χ1v) is 14.2. The highest BCUT2D eigenvalue weighted by Crippen LogP contribution is 2.32. The minimum atomic E-state index is -3.88. The maximum Gasteiger partial charge on any atom is 0.279 e. The van der Waals surface area contributed by atoms with Crippen LogP contribution in [-0.4, -0.2) is 39.2 Å². The third-order valence-electron chi connectivity index (χ3n) is 5.32. The number of amides is 1. The molecule has 0 saturated heterocycles. The molecular formula is C25H23Cl2N3O5S2. The van der Waals surface area contributed by atoms with Gasteiger partial charge in [0.15, 0.2) is 4.80 Å². The molecule has 3 aromatic carbocycles. The molecule has 4 aromatic rings. The minimum Gasteiger partial charge on any atom is -0.497 e. The summed E-state index contributed by atoms with van der Waals surface area (Å²) in [6, 6.07) is 15.5. The maximum atomic E-state index is 13.1. The normalized spacial score (nSPS) is 12.2. The summed E-state index contributed by atoms with van der Waals surface area (Å²) in [5, 5.41) is 0.981. The van der Waals surface area contributed by atoms with Gasteiger partial charge in [-0.1, -0.05) is 40.6 Å². The first-order valence-electron chi connectivity index (χ1n) is 11.1. The van der Waals surface area contributed by atoms with Gasteiger partial charge in [-0.25, -0.2) is 8.42 Å². The van der Waals surface area contributed by atoms with E-state index in [0.29, 0.717) is 50.6 Å². The molecule has 0 saturated carbocycles. The summed E-state index contributed by atoms with van der Waals surface area (Å²) in [6.45, 7) is 3.25. The maximum absolute atomic E-state index is 13.1. The molecule has 0 fully saturated rings. The number of thiazole rings is 1. The molecule has 1 aromatic heterocycles. The second kappa shape index (κ2) is 11.7. The Morgan fingerprint density at radius 2 is 1.81 bits per heavy atom. The van der Waals surface area contributed by atoms with E-state index in [1.54, 1.807) is 47.0 Å². The molecule has 1 amide bonds. The molecule has 37 heavy (non-hydrogen) atoms. The van der Waals surface area contributed by atoms with Crippen LogP contribution in [0, 0.1) is 0 Å². The fourth-order valence-corrected chi connectivity index (χ4v) is 6.26. The van der Waals surface area contributed by atoms with Crippen LogP contribution in [0.15, 0.2) is 70.6 Å². The van der Waals surface area contributed by atoms with Gasteiger partial charge in [0, 0.05) is 24.4 Å². The van der Waals surface area contributed by atoms with Crippen molar-refractivity contribution in [3.05, 3.63) is 81.1 Å². The lowest BCUT2D eigenvalue weighted by Crippen LogP contribution is -2.20. The summed E-state index contributed by atoms with van der Waals surface area (Å²) < 4.78 is 41.2. The summed E-state index contributed by atoms with van der Waals surface area (Å²) in [4.78, 5) is 17.9. The van der Waals surface area contributed by atoms with Crippen molar-refractivity contribution < 1.29 is 22.7 Å². The molecular weight excluding hydrogens is 557 g/mol. The number of nitrogens with zero attached hydrogens (tertiary/aromatic N) is 2. The Morgan fingerprint density at radius 1 is 1.08 bits per heavy atom. The lowest BCUT2D eigenvalue weighted by molar-refractivity contribution is 0.0996. The Hall–Kier alpha value is -2.89. The second-order valence-electron chi connectivity index (χ2n) is 7.72. The van der Waals surface area contributed by atoms with Gasteiger partial charge >= 0.3 is 0 Å². The molecule has 8 nitrogen and oxygen atoms in total. The Balaban J connectivity index is 1.67. The summed E-state index contributed by atoms with van der Waals surface area (Å²) in [5.74, 6) is -0.00933. The van der Waals surface area contributed by atoms with Crippen molar-refractivity contribution in [3.63, 3.8) is 0 Å². The van der Waals surface area contributed by atoms with Gasteiger partial charge in [-0.3, -0.25) is 9.52 Å². The van der Waals surface area contributed by atoms with E-state index in [-0.39, 0.29) is 16.1 Å². The number of hydrogen-bond donors (Lipinski definition) is 1. The highest BCUT2D eigenvalue weighted by Gasteiger charge is 2.17. The Labute approximate surface area is 228 Å². The first-order chi connectivity index (χ1) is 17.7. The lowest BCUT2D eigenvalue weighted by Gasteiger charge is -2.09. The monoisotopic (exact) mass is 579 g/mol. The van der Waals surface area contributed by atoms with Crippen LogP contribution in [0.4, 0.5) is 5.69 Å². The topological polar surface area (TPSA) is 99.0 Å². The van der Waals surface area contributed by atoms with Crippen molar-refractivity contribution in [1.82, 2.24) is 4.57 Å². The van der Waals surface area contributed by atoms with Gasteiger partial charge in [0.1, 0.15) is 5.75 Å². The van der Waals surface area contributed by atoms with Crippen LogP contribution in [0.1, 0.15) is 17.3 Å². The number of carbonyl (C=O) groups excluding carboxylic acids is 1. The predicted molar refractivity (Wildman–Crippen MR) is 146 cm³/mol. The molecule has 12 heteroatoms. The van der Waals surface area contributed by atoms with Crippen LogP contribution < -0.4 is 14.3 Å². The van der Waals surface area contributed by atoms with Crippen LogP contribution in [-0.2, 0) is 21.3 Å². The molecule has 4 rings (SSSR count). The van der Waals surface area contributed by atoms with Gasteiger partial charge in [-0.05, 0) is 61.5 Å². The summed E-state index contributed by atoms with van der Waals surface area (Å²) in [6.07, 6.45) is 0. The highest BCUT2D eigenvalue weighted by molar-refractivity contribution is 7.92. The number of halogens is 2. The van der Waals surface area contributed by atoms with Gasteiger partial charge in [0.2, 0.25) is 0 Å². The van der Waals surface area contributed by atoms with Gasteiger partial charge in [0.05, 0.1) is 38.9 Å². The highest BCUT2D eigenvalue weighted by atomic mass is 35.5. The molecule has 0 spiro atoms. The van der Waals surface area contributed by atoms with E-state index < -0.39 is 15.9 Å². The average Bonchev–Trinajstić information content (AvgIpc) is 3.25. The van der Waals surface area contributed by atoms with Crippen molar-refractivity contribution in [2.45, 2.75) is 18.4 Å². The standard InChI is InChI=1S/C25H23Cl2N3O5S2/c1-3-35-14-13-30-22-20(26)11-12-21(27)23(22)36-25(30)28-24(31)16-5-4-6-17(15-16)29-37(32,33)19-9-7-18(34-2)8-10-19/h4-12,15,29H,3,13-14H2,1-2H3. The van der Waals surface area contributed by atoms with Crippen LogP contribution in [0.3, 0.4) is 0 Å². The van der Waals surface area contributed by atoms with Gasteiger partial charge in [-0.2, -0.15) is 4.99 Å². The molecule has 1 N–H and O–H groups in total. The average molecular weight is 581 g/mol. The zero-order chi connectivity index (χ0) is 26.6. The summed E-state index contributed by atoms with van der Waals surface area (Å²) >= 11 is 14.1. The van der Waals surface area contributed by atoms with Gasteiger partial charge < -0.3 is 14.0 Å². The molecule has 0 aliphatic rings. The van der Waals surface area contributed by atoms with Crippen LogP contribution >= 0.6 is 34.5 Å².